The van der Waals surface area contributed by atoms with Crippen LogP contribution >= 0.6 is 15.9 Å². The molecule has 0 saturated carbocycles. The molecule has 2 rings (SSSR count). The second-order valence-corrected chi connectivity index (χ2v) is 4.48. The van der Waals surface area contributed by atoms with Crippen molar-refractivity contribution in [2.45, 2.75) is 6.92 Å². The second kappa shape index (κ2) is 5.30. The zero-order valence-corrected chi connectivity index (χ0v) is 11.4. The Balaban J connectivity index is 2.48. The van der Waals surface area contributed by atoms with E-state index in [1.54, 1.807) is 12.3 Å². The van der Waals surface area contributed by atoms with Crippen molar-refractivity contribution in [3.05, 3.63) is 40.8 Å². The Kier molecular flexibility index (Phi) is 3.76. The lowest BCUT2D eigenvalue weighted by Gasteiger charge is -2.23. The molecule has 0 aliphatic carbocycles. The van der Waals surface area contributed by atoms with Gasteiger partial charge < -0.3 is 10.6 Å². The monoisotopic (exact) mass is 310 g/mol. The first-order valence-electron chi connectivity index (χ1n) is 5.43. The summed E-state index contributed by atoms with van der Waals surface area (Å²) in [6.07, 6.45) is 1.58. The van der Waals surface area contributed by atoms with Crippen LogP contribution in [0.25, 0.3) is 0 Å². The largest absolute Gasteiger partial charge is 0.368 e. The Bertz CT molecular complexity index is 562. The van der Waals surface area contributed by atoms with Crippen LogP contribution in [0.2, 0.25) is 0 Å². The minimum atomic E-state index is -0.288. The van der Waals surface area contributed by atoms with Crippen LogP contribution in [0, 0.1) is 5.82 Å². The minimum absolute atomic E-state index is 0.183. The summed E-state index contributed by atoms with van der Waals surface area (Å²) in [5.74, 6) is 0.516. The number of nitrogens with zero attached hydrogens (tertiary/aromatic N) is 3. The first-order valence-corrected chi connectivity index (χ1v) is 6.22. The summed E-state index contributed by atoms with van der Waals surface area (Å²) in [5.41, 5.74) is 6.30. The molecule has 4 nitrogen and oxygen atoms in total. The molecule has 1 heterocycles. The summed E-state index contributed by atoms with van der Waals surface area (Å²) in [7, 11) is 0. The van der Waals surface area contributed by atoms with Crippen molar-refractivity contribution in [1.82, 2.24) is 9.97 Å². The van der Waals surface area contributed by atoms with E-state index < -0.39 is 0 Å². The van der Waals surface area contributed by atoms with Crippen LogP contribution < -0.4 is 10.6 Å². The molecular formula is C12H12BrFN4. The molecule has 2 aromatic rings. The van der Waals surface area contributed by atoms with Gasteiger partial charge in [0, 0.05) is 18.4 Å². The van der Waals surface area contributed by atoms with Crippen LogP contribution in [0.1, 0.15) is 6.92 Å². The lowest BCUT2D eigenvalue weighted by atomic mass is 10.2. The SMILES string of the molecule is CCN(c1cccc(F)c1)c1nc(N)ncc1Br. The van der Waals surface area contributed by atoms with Crippen LogP contribution in [-0.4, -0.2) is 16.5 Å². The molecule has 2 N–H and O–H groups in total. The zero-order chi connectivity index (χ0) is 13.1. The number of nitrogens with two attached hydrogens (primary N) is 1. The van der Waals surface area contributed by atoms with Gasteiger partial charge >= 0.3 is 0 Å². The third-order valence-corrected chi connectivity index (χ3v) is 3.00. The van der Waals surface area contributed by atoms with E-state index in [9.17, 15) is 4.39 Å². The van der Waals surface area contributed by atoms with Crippen molar-refractivity contribution in [3.8, 4) is 0 Å². The molecule has 0 spiro atoms. The quantitative estimate of drug-likeness (QED) is 0.946. The highest BCUT2D eigenvalue weighted by atomic mass is 79.9. The lowest BCUT2D eigenvalue weighted by Crippen LogP contribution is -2.19. The highest BCUT2D eigenvalue weighted by Crippen LogP contribution is 2.30. The van der Waals surface area contributed by atoms with Crippen molar-refractivity contribution in [2.24, 2.45) is 0 Å². The summed E-state index contributed by atoms with van der Waals surface area (Å²) < 4.78 is 14.0. The number of nitrogen functional groups attached to an aromatic ring is 1. The number of anilines is 3. The number of rotatable bonds is 3. The van der Waals surface area contributed by atoms with Gasteiger partial charge in [0.2, 0.25) is 5.95 Å². The van der Waals surface area contributed by atoms with Gasteiger partial charge in [-0.15, -0.1) is 0 Å². The Morgan fingerprint density at radius 2 is 2.22 bits per heavy atom. The summed E-state index contributed by atoms with van der Waals surface area (Å²) in [6.45, 7) is 2.59. The van der Waals surface area contributed by atoms with E-state index in [0.29, 0.717) is 16.8 Å². The Morgan fingerprint density at radius 1 is 1.44 bits per heavy atom. The molecule has 0 aliphatic rings. The molecule has 6 heteroatoms. The van der Waals surface area contributed by atoms with E-state index in [0.717, 1.165) is 5.69 Å². The van der Waals surface area contributed by atoms with Crippen molar-refractivity contribution >= 4 is 33.4 Å². The summed E-state index contributed by atoms with van der Waals surface area (Å²) in [5, 5.41) is 0. The lowest BCUT2D eigenvalue weighted by molar-refractivity contribution is 0.627. The van der Waals surface area contributed by atoms with Gasteiger partial charge in [-0.05, 0) is 41.1 Å². The molecule has 0 radical (unpaired) electrons. The van der Waals surface area contributed by atoms with Gasteiger partial charge in [0.15, 0.2) is 5.82 Å². The molecule has 18 heavy (non-hydrogen) atoms. The third-order valence-electron chi connectivity index (χ3n) is 2.44. The van der Waals surface area contributed by atoms with Crippen molar-refractivity contribution in [2.75, 3.05) is 17.2 Å². The number of aromatic nitrogens is 2. The Morgan fingerprint density at radius 3 is 2.89 bits per heavy atom. The molecule has 0 fully saturated rings. The summed E-state index contributed by atoms with van der Waals surface area (Å²) >= 11 is 3.37. The van der Waals surface area contributed by atoms with Gasteiger partial charge in [-0.25, -0.2) is 9.37 Å². The fourth-order valence-corrected chi connectivity index (χ4v) is 2.06. The van der Waals surface area contributed by atoms with Gasteiger partial charge in [-0.1, -0.05) is 6.07 Å². The molecule has 0 atom stereocenters. The molecule has 1 aromatic carbocycles. The predicted molar refractivity (Wildman–Crippen MR) is 73.2 cm³/mol. The van der Waals surface area contributed by atoms with Crippen molar-refractivity contribution in [1.29, 1.82) is 0 Å². The van der Waals surface area contributed by atoms with Gasteiger partial charge in [-0.3, -0.25) is 0 Å². The van der Waals surface area contributed by atoms with Gasteiger partial charge in [0.1, 0.15) is 5.82 Å². The van der Waals surface area contributed by atoms with E-state index in [4.69, 9.17) is 5.73 Å². The molecule has 0 unspecified atom stereocenters. The van der Waals surface area contributed by atoms with Crippen molar-refractivity contribution in [3.63, 3.8) is 0 Å². The smallest absolute Gasteiger partial charge is 0.222 e. The van der Waals surface area contributed by atoms with E-state index in [1.165, 1.54) is 12.1 Å². The fourth-order valence-electron chi connectivity index (χ4n) is 1.66. The normalized spacial score (nSPS) is 10.4. The Labute approximate surface area is 113 Å². The number of halogens is 2. The van der Waals surface area contributed by atoms with E-state index >= 15 is 0 Å². The van der Waals surface area contributed by atoms with E-state index in [-0.39, 0.29) is 11.8 Å². The summed E-state index contributed by atoms with van der Waals surface area (Å²) in [4.78, 5) is 9.91. The molecule has 0 amide bonds. The fraction of sp³-hybridized carbons (Fsp3) is 0.167. The average molecular weight is 311 g/mol. The van der Waals surface area contributed by atoms with Gasteiger partial charge in [0.25, 0.3) is 0 Å². The zero-order valence-electron chi connectivity index (χ0n) is 9.77. The molecule has 94 valence electrons. The molecule has 1 aromatic heterocycles. The van der Waals surface area contributed by atoms with Crippen LogP contribution in [0.3, 0.4) is 0 Å². The molecule has 0 bridgehead atoms. The highest BCUT2D eigenvalue weighted by Gasteiger charge is 2.13. The topological polar surface area (TPSA) is 55.0 Å². The van der Waals surface area contributed by atoms with Crippen LogP contribution in [0.5, 0.6) is 0 Å². The minimum Gasteiger partial charge on any atom is -0.368 e. The molecular weight excluding hydrogens is 299 g/mol. The second-order valence-electron chi connectivity index (χ2n) is 3.62. The Hall–Kier alpha value is -1.69. The van der Waals surface area contributed by atoms with Crippen LogP contribution in [0.15, 0.2) is 34.9 Å². The maximum atomic E-state index is 13.3. The summed E-state index contributed by atoms with van der Waals surface area (Å²) in [6, 6.07) is 6.33. The van der Waals surface area contributed by atoms with Crippen molar-refractivity contribution < 1.29 is 4.39 Å². The first kappa shape index (κ1) is 12.8. The van der Waals surface area contributed by atoms with Crippen LogP contribution in [-0.2, 0) is 0 Å². The third kappa shape index (κ3) is 2.59. The standard InChI is InChI=1S/C12H12BrFN4/c1-2-18(9-5-3-4-8(14)6-9)11-10(13)7-16-12(15)17-11/h3-7H,2H2,1H3,(H2,15,16,17). The molecule has 0 aliphatic heterocycles. The number of hydrogen-bond acceptors (Lipinski definition) is 4. The number of hydrogen-bond donors (Lipinski definition) is 1. The number of benzene rings is 1. The highest BCUT2D eigenvalue weighted by molar-refractivity contribution is 9.10. The van der Waals surface area contributed by atoms with E-state index in [2.05, 4.69) is 25.9 Å². The van der Waals surface area contributed by atoms with Gasteiger partial charge in [0.05, 0.1) is 4.47 Å². The maximum absolute atomic E-state index is 13.3. The average Bonchev–Trinajstić information content (AvgIpc) is 2.35. The van der Waals surface area contributed by atoms with Crippen LogP contribution in [0.4, 0.5) is 21.8 Å². The molecule has 0 saturated heterocycles. The maximum Gasteiger partial charge on any atom is 0.222 e. The van der Waals surface area contributed by atoms with Gasteiger partial charge in [-0.2, -0.15) is 4.98 Å². The first-order chi connectivity index (χ1) is 8.61. The van der Waals surface area contributed by atoms with E-state index in [1.807, 2.05) is 17.9 Å². The predicted octanol–water partition coefficient (Wildman–Crippen LogP) is 3.12.